The van der Waals surface area contributed by atoms with Crippen molar-refractivity contribution in [2.24, 2.45) is 5.92 Å². The van der Waals surface area contributed by atoms with Gasteiger partial charge >= 0.3 is 15.4 Å². The first kappa shape index (κ1) is 17.2. The van der Waals surface area contributed by atoms with Crippen LogP contribution in [0.2, 0.25) is 0 Å². The predicted molar refractivity (Wildman–Crippen MR) is 72.5 cm³/mol. The van der Waals surface area contributed by atoms with Gasteiger partial charge in [-0.2, -0.15) is 0 Å². The minimum absolute atomic E-state index is 0.446. The van der Waals surface area contributed by atoms with Gasteiger partial charge in [-0.1, -0.05) is 24.8 Å². The second kappa shape index (κ2) is 9.22. The van der Waals surface area contributed by atoms with E-state index in [1.807, 2.05) is 6.92 Å². The van der Waals surface area contributed by atoms with Gasteiger partial charge in [0.2, 0.25) is 0 Å². The second-order valence-electron chi connectivity index (χ2n) is 4.37. The molecule has 0 aliphatic carbocycles. The summed E-state index contributed by atoms with van der Waals surface area (Å²) in [7, 11) is -3.50. The van der Waals surface area contributed by atoms with Crippen molar-refractivity contribution in [3.63, 3.8) is 0 Å². The molecule has 0 bridgehead atoms. The van der Waals surface area contributed by atoms with Gasteiger partial charge in [-0.05, 0) is 12.8 Å². The van der Waals surface area contributed by atoms with Gasteiger partial charge in [0.05, 0.1) is 13.2 Å². The number of hydrogen-bond donors (Lipinski definition) is 0. The molecule has 0 aromatic heterocycles. The summed E-state index contributed by atoms with van der Waals surface area (Å²) in [6.45, 7) is 8.65. The van der Waals surface area contributed by atoms with Crippen molar-refractivity contribution in [2.45, 2.75) is 33.1 Å². The standard InChI is InChI=1S/C7H15O3P.C4H10OP/c1-3-4-7-5-9-11(2,8)10-6-7;1-3-4-6(2)5/h7H,3-6H2,1-2H3;3-4H2,1-2H3/q;+1. The summed E-state index contributed by atoms with van der Waals surface area (Å²) in [6.07, 6.45) is 4.16. The Balaban J connectivity index is 0.000000366. The predicted octanol–water partition coefficient (Wildman–Crippen LogP) is 4.13. The quantitative estimate of drug-likeness (QED) is 0.728. The fourth-order valence-corrected chi connectivity index (χ4v) is 3.12. The molecule has 4 nitrogen and oxygen atoms in total. The first-order chi connectivity index (χ1) is 7.91. The molecule has 0 amide bonds. The third kappa shape index (κ3) is 9.91. The molecule has 1 atom stereocenters. The maximum absolute atomic E-state index is 11.1. The summed E-state index contributed by atoms with van der Waals surface area (Å²) in [5.74, 6) is 0.446. The molecule has 1 aliphatic heterocycles. The van der Waals surface area contributed by atoms with E-state index >= 15 is 0 Å². The maximum atomic E-state index is 11.1. The largest absolute Gasteiger partial charge is 0.335 e. The van der Waals surface area contributed by atoms with Gasteiger partial charge in [0.1, 0.15) is 12.8 Å². The van der Waals surface area contributed by atoms with E-state index in [9.17, 15) is 9.13 Å². The van der Waals surface area contributed by atoms with Gasteiger partial charge in [0.15, 0.2) is 0 Å². The molecular formula is C11H25O4P2+. The first-order valence-electron chi connectivity index (χ1n) is 6.16. The molecule has 0 aromatic rings. The van der Waals surface area contributed by atoms with Crippen LogP contribution in [0.3, 0.4) is 0 Å². The average molecular weight is 283 g/mol. The van der Waals surface area contributed by atoms with Crippen molar-refractivity contribution < 1.29 is 18.2 Å². The van der Waals surface area contributed by atoms with Crippen LogP contribution in [0.15, 0.2) is 0 Å². The fraction of sp³-hybridized carbons (Fsp3) is 1.00. The third-order valence-corrected chi connectivity index (χ3v) is 4.64. The highest BCUT2D eigenvalue weighted by Gasteiger charge is 2.26. The molecule has 0 spiro atoms. The molecule has 1 heterocycles. The molecule has 0 radical (unpaired) electrons. The monoisotopic (exact) mass is 283 g/mol. The van der Waals surface area contributed by atoms with Crippen LogP contribution < -0.4 is 0 Å². The van der Waals surface area contributed by atoms with E-state index in [1.165, 1.54) is 6.66 Å². The van der Waals surface area contributed by atoms with Gasteiger partial charge < -0.3 is 9.05 Å². The summed E-state index contributed by atoms with van der Waals surface area (Å²) >= 11 is 0. The first-order valence-corrected chi connectivity index (χ1v) is 10.0. The summed E-state index contributed by atoms with van der Waals surface area (Å²) in [4.78, 5) is 0. The van der Waals surface area contributed by atoms with Crippen LogP contribution in [0.1, 0.15) is 33.1 Å². The van der Waals surface area contributed by atoms with E-state index in [0.29, 0.717) is 19.1 Å². The molecule has 1 fully saturated rings. The average Bonchev–Trinajstić information content (AvgIpc) is 2.22. The van der Waals surface area contributed by atoms with Gasteiger partial charge in [-0.15, -0.1) is 0 Å². The summed E-state index contributed by atoms with van der Waals surface area (Å²) in [5.41, 5.74) is 0. The SMILES string of the molecule is CCCC1COP(C)(=O)OC1.CCC[P+](C)=O. The van der Waals surface area contributed by atoms with Crippen LogP contribution >= 0.6 is 15.4 Å². The van der Waals surface area contributed by atoms with Crippen LogP contribution in [0.4, 0.5) is 0 Å². The highest BCUT2D eigenvalue weighted by Crippen LogP contribution is 2.47. The van der Waals surface area contributed by atoms with Gasteiger partial charge in [-0.25, -0.2) is 0 Å². The lowest BCUT2D eigenvalue weighted by molar-refractivity contribution is 0.0911. The number of hydrogen-bond acceptors (Lipinski definition) is 4. The zero-order valence-electron chi connectivity index (χ0n) is 11.3. The normalized spacial score (nSPS) is 29.2. The lowest BCUT2D eigenvalue weighted by atomic mass is 10.1. The molecule has 6 heteroatoms. The van der Waals surface area contributed by atoms with Crippen molar-refractivity contribution in [1.82, 2.24) is 0 Å². The minimum Gasteiger partial charge on any atom is -0.308 e. The molecule has 1 rings (SSSR count). The van der Waals surface area contributed by atoms with E-state index in [1.54, 1.807) is 6.66 Å². The minimum atomic E-state index is -2.65. The second-order valence-corrected chi connectivity index (χ2v) is 8.13. The molecule has 0 aromatic carbocycles. The molecule has 1 aliphatic rings. The van der Waals surface area contributed by atoms with Crippen LogP contribution in [0.5, 0.6) is 0 Å². The topological polar surface area (TPSA) is 52.6 Å². The summed E-state index contributed by atoms with van der Waals surface area (Å²) in [6, 6.07) is 0. The Bertz CT molecular complexity index is 256. The molecule has 17 heavy (non-hydrogen) atoms. The van der Waals surface area contributed by atoms with Crippen molar-refractivity contribution >= 4 is 15.4 Å². The lowest BCUT2D eigenvalue weighted by Gasteiger charge is -2.26. The molecule has 0 N–H and O–H groups in total. The van der Waals surface area contributed by atoms with E-state index in [0.717, 1.165) is 25.4 Å². The van der Waals surface area contributed by atoms with Crippen molar-refractivity contribution in [2.75, 3.05) is 32.7 Å². The maximum Gasteiger partial charge on any atom is 0.335 e. The van der Waals surface area contributed by atoms with Gasteiger partial charge in [0, 0.05) is 12.6 Å². The molecule has 102 valence electrons. The summed E-state index contributed by atoms with van der Waals surface area (Å²) < 4.78 is 31.5. The van der Waals surface area contributed by atoms with E-state index < -0.39 is 15.4 Å². The molecule has 1 unspecified atom stereocenters. The van der Waals surface area contributed by atoms with Crippen molar-refractivity contribution in [1.29, 1.82) is 0 Å². The Kier molecular flexibility index (Phi) is 9.35. The third-order valence-electron chi connectivity index (χ3n) is 2.32. The highest BCUT2D eigenvalue weighted by atomic mass is 31.2. The Morgan fingerprint density at radius 2 is 1.76 bits per heavy atom. The lowest BCUT2D eigenvalue weighted by Crippen LogP contribution is -2.20. The van der Waals surface area contributed by atoms with E-state index in [2.05, 4.69) is 6.92 Å². The Morgan fingerprint density at radius 3 is 2.06 bits per heavy atom. The number of rotatable bonds is 4. The Morgan fingerprint density at radius 1 is 1.24 bits per heavy atom. The summed E-state index contributed by atoms with van der Waals surface area (Å²) in [5, 5.41) is 0. The zero-order chi connectivity index (χ0) is 13.3. The van der Waals surface area contributed by atoms with Crippen LogP contribution in [-0.2, 0) is 18.2 Å². The van der Waals surface area contributed by atoms with E-state index in [4.69, 9.17) is 9.05 Å². The van der Waals surface area contributed by atoms with Crippen LogP contribution in [0, 0.1) is 5.92 Å². The molecule has 0 saturated carbocycles. The smallest absolute Gasteiger partial charge is 0.308 e. The fourth-order valence-electron chi connectivity index (χ4n) is 1.46. The zero-order valence-corrected chi connectivity index (χ0v) is 13.1. The van der Waals surface area contributed by atoms with Crippen LogP contribution in [0.25, 0.3) is 0 Å². The van der Waals surface area contributed by atoms with Crippen molar-refractivity contribution in [3.8, 4) is 0 Å². The van der Waals surface area contributed by atoms with Crippen LogP contribution in [-0.4, -0.2) is 32.7 Å². The molecular weight excluding hydrogens is 258 g/mol. The van der Waals surface area contributed by atoms with Gasteiger partial charge in [0.25, 0.3) is 0 Å². The van der Waals surface area contributed by atoms with Gasteiger partial charge in [-0.3, -0.25) is 4.57 Å². The van der Waals surface area contributed by atoms with Crippen molar-refractivity contribution in [3.05, 3.63) is 0 Å². The highest BCUT2D eigenvalue weighted by molar-refractivity contribution is 7.53. The Hall–Kier alpha value is 0.250. The van der Waals surface area contributed by atoms with E-state index in [-0.39, 0.29) is 0 Å². The Labute approximate surface area is 106 Å². The molecule has 1 saturated heterocycles.